The van der Waals surface area contributed by atoms with Crippen LogP contribution in [0, 0.1) is 10.1 Å². The van der Waals surface area contributed by atoms with Crippen LogP contribution < -0.4 is 14.8 Å². The Hall–Kier alpha value is -3.09. The van der Waals surface area contributed by atoms with Gasteiger partial charge in [0.2, 0.25) is 0 Å². The van der Waals surface area contributed by atoms with Crippen LogP contribution in [0.15, 0.2) is 36.4 Å². The van der Waals surface area contributed by atoms with Crippen molar-refractivity contribution in [1.29, 1.82) is 0 Å². The molecule has 25 heavy (non-hydrogen) atoms. The van der Waals surface area contributed by atoms with E-state index in [4.69, 9.17) is 9.47 Å². The van der Waals surface area contributed by atoms with E-state index in [1.807, 2.05) is 13.8 Å². The van der Waals surface area contributed by atoms with E-state index in [1.165, 1.54) is 13.2 Å². The van der Waals surface area contributed by atoms with Gasteiger partial charge >= 0.3 is 0 Å². The van der Waals surface area contributed by atoms with Gasteiger partial charge in [-0.1, -0.05) is 13.0 Å². The molecule has 2 aromatic carbocycles. The SMILES string of the molecule is CCOc1ccc(C(=O)Nc2ccc(CC)c([N+](=O)[O-])c2)cc1OC. The summed E-state index contributed by atoms with van der Waals surface area (Å²) in [5.74, 6) is 0.603. The number of anilines is 1. The first-order valence-corrected chi connectivity index (χ1v) is 7.89. The van der Waals surface area contributed by atoms with Crippen molar-refractivity contribution >= 4 is 17.3 Å². The van der Waals surface area contributed by atoms with Gasteiger partial charge < -0.3 is 14.8 Å². The molecule has 0 aliphatic heterocycles. The number of carbonyl (C=O) groups is 1. The molecule has 0 unspecified atom stereocenters. The van der Waals surface area contributed by atoms with E-state index in [2.05, 4.69) is 5.32 Å². The molecule has 0 fully saturated rings. The monoisotopic (exact) mass is 344 g/mol. The number of amides is 1. The van der Waals surface area contributed by atoms with Crippen molar-refractivity contribution in [3.8, 4) is 11.5 Å². The second-order valence-electron chi connectivity index (χ2n) is 5.21. The van der Waals surface area contributed by atoms with Gasteiger partial charge in [0, 0.05) is 22.9 Å². The van der Waals surface area contributed by atoms with Crippen LogP contribution >= 0.6 is 0 Å². The fourth-order valence-electron chi connectivity index (χ4n) is 2.40. The molecule has 0 heterocycles. The van der Waals surface area contributed by atoms with E-state index in [0.717, 1.165) is 0 Å². The lowest BCUT2D eigenvalue weighted by Crippen LogP contribution is -2.12. The van der Waals surface area contributed by atoms with Crippen LogP contribution in [0.3, 0.4) is 0 Å². The molecular formula is C18H20N2O5. The van der Waals surface area contributed by atoms with Gasteiger partial charge in [0.25, 0.3) is 11.6 Å². The molecule has 0 aromatic heterocycles. The van der Waals surface area contributed by atoms with E-state index in [1.54, 1.807) is 30.3 Å². The maximum absolute atomic E-state index is 12.4. The highest BCUT2D eigenvalue weighted by atomic mass is 16.6. The van der Waals surface area contributed by atoms with Crippen LogP contribution in [-0.4, -0.2) is 24.5 Å². The molecule has 132 valence electrons. The molecule has 0 aliphatic carbocycles. The summed E-state index contributed by atoms with van der Waals surface area (Å²) in [6.45, 7) is 4.18. The molecule has 7 heteroatoms. The molecule has 1 amide bonds. The average molecular weight is 344 g/mol. The summed E-state index contributed by atoms with van der Waals surface area (Å²) in [4.78, 5) is 23.1. The number of nitrogens with one attached hydrogen (secondary N) is 1. The minimum atomic E-state index is -0.450. The first-order valence-electron chi connectivity index (χ1n) is 7.89. The summed E-state index contributed by atoms with van der Waals surface area (Å²) in [7, 11) is 1.49. The lowest BCUT2D eigenvalue weighted by atomic mass is 10.1. The van der Waals surface area contributed by atoms with Gasteiger partial charge in [-0.15, -0.1) is 0 Å². The molecule has 0 saturated heterocycles. The number of rotatable bonds is 7. The first kappa shape index (κ1) is 18.3. The Balaban J connectivity index is 2.25. The van der Waals surface area contributed by atoms with E-state index in [9.17, 15) is 14.9 Å². The van der Waals surface area contributed by atoms with Crippen LogP contribution in [0.5, 0.6) is 11.5 Å². The van der Waals surface area contributed by atoms with Gasteiger partial charge in [-0.25, -0.2) is 0 Å². The van der Waals surface area contributed by atoms with Crippen LogP contribution in [0.4, 0.5) is 11.4 Å². The van der Waals surface area contributed by atoms with Crippen molar-refractivity contribution in [1.82, 2.24) is 0 Å². The van der Waals surface area contributed by atoms with E-state index in [-0.39, 0.29) is 11.6 Å². The fraction of sp³-hybridized carbons (Fsp3) is 0.278. The van der Waals surface area contributed by atoms with Crippen molar-refractivity contribution < 1.29 is 19.2 Å². The maximum atomic E-state index is 12.4. The number of hydrogen-bond acceptors (Lipinski definition) is 5. The Bertz CT molecular complexity index is 789. The predicted octanol–water partition coefficient (Wildman–Crippen LogP) is 3.82. The Kier molecular flexibility index (Phi) is 5.94. The van der Waals surface area contributed by atoms with Gasteiger partial charge in [0.1, 0.15) is 0 Å². The van der Waals surface area contributed by atoms with Crippen molar-refractivity contribution in [2.75, 3.05) is 19.0 Å². The number of nitro benzene ring substituents is 1. The van der Waals surface area contributed by atoms with Crippen LogP contribution in [-0.2, 0) is 6.42 Å². The van der Waals surface area contributed by atoms with Crippen LogP contribution in [0.1, 0.15) is 29.8 Å². The summed E-state index contributed by atoms with van der Waals surface area (Å²) in [6, 6.07) is 9.48. The third-order valence-electron chi connectivity index (χ3n) is 3.65. The molecule has 0 atom stereocenters. The van der Waals surface area contributed by atoms with E-state index >= 15 is 0 Å². The number of benzene rings is 2. The van der Waals surface area contributed by atoms with Crippen molar-refractivity contribution in [3.63, 3.8) is 0 Å². The summed E-state index contributed by atoms with van der Waals surface area (Å²) in [5.41, 5.74) is 1.33. The normalized spacial score (nSPS) is 10.2. The Labute approximate surface area is 145 Å². The molecule has 2 rings (SSSR count). The number of hydrogen-bond donors (Lipinski definition) is 1. The second-order valence-corrected chi connectivity index (χ2v) is 5.21. The summed E-state index contributed by atoms with van der Waals surface area (Å²) in [6.07, 6.45) is 0.542. The van der Waals surface area contributed by atoms with Crippen molar-refractivity contribution in [2.45, 2.75) is 20.3 Å². The van der Waals surface area contributed by atoms with Crippen LogP contribution in [0.2, 0.25) is 0 Å². The highest BCUT2D eigenvalue weighted by molar-refractivity contribution is 6.04. The van der Waals surface area contributed by atoms with Gasteiger partial charge in [0.05, 0.1) is 18.6 Å². The topological polar surface area (TPSA) is 90.7 Å². The molecule has 7 nitrogen and oxygen atoms in total. The molecule has 0 saturated carbocycles. The number of ether oxygens (including phenoxy) is 2. The Morgan fingerprint density at radius 1 is 1.16 bits per heavy atom. The molecular weight excluding hydrogens is 324 g/mol. The molecule has 0 spiro atoms. The zero-order valence-corrected chi connectivity index (χ0v) is 14.4. The summed E-state index contributed by atoms with van der Waals surface area (Å²) in [5, 5.41) is 13.8. The number of nitrogens with zero attached hydrogens (tertiary/aromatic N) is 1. The van der Waals surface area contributed by atoms with Crippen molar-refractivity contribution in [2.24, 2.45) is 0 Å². The number of aryl methyl sites for hydroxylation is 1. The number of nitro groups is 1. The number of carbonyl (C=O) groups excluding carboxylic acids is 1. The lowest BCUT2D eigenvalue weighted by molar-refractivity contribution is -0.385. The van der Waals surface area contributed by atoms with Gasteiger partial charge in [0.15, 0.2) is 11.5 Å². The minimum absolute atomic E-state index is 0.00965. The average Bonchev–Trinajstić information content (AvgIpc) is 2.62. The standard InChI is InChI=1S/C18H20N2O5/c1-4-12-6-8-14(11-15(12)20(22)23)19-18(21)13-7-9-16(25-5-2)17(10-13)24-3/h6-11H,4-5H2,1-3H3,(H,19,21). The molecule has 0 aliphatic rings. The van der Waals surface area contributed by atoms with E-state index < -0.39 is 4.92 Å². The van der Waals surface area contributed by atoms with Gasteiger partial charge in [-0.05, 0) is 37.6 Å². The highest BCUT2D eigenvalue weighted by Gasteiger charge is 2.16. The van der Waals surface area contributed by atoms with Crippen LogP contribution in [0.25, 0.3) is 0 Å². The minimum Gasteiger partial charge on any atom is -0.493 e. The third-order valence-corrected chi connectivity index (χ3v) is 3.65. The zero-order valence-electron chi connectivity index (χ0n) is 14.4. The fourth-order valence-corrected chi connectivity index (χ4v) is 2.40. The predicted molar refractivity (Wildman–Crippen MR) is 94.6 cm³/mol. The van der Waals surface area contributed by atoms with Crippen molar-refractivity contribution in [3.05, 3.63) is 57.6 Å². The number of methoxy groups -OCH3 is 1. The first-order chi connectivity index (χ1) is 12.0. The maximum Gasteiger partial charge on any atom is 0.274 e. The van der Waals surface area contributed by atoms with Gasteiger partial charge in [-0.2, -0.15) is 0 Å². The largest absolute Gasteiger partial charge is 0.493 e. The molecule has 2 aromatic rings. The zero-order chi connectivity index (χ0) is 18.4. The summed E-state index contributed by atoms with van der Waals surface area (Å²) >= 11 is 0. The quantitative estimate of drug-likeness (QED) is 0.609. The lowest BCUT2D eigenvalue weighted by Gasteiger charge is -2.11. The Morgan fingerprint density at radius 2 is 1.92 bits per heavy atom. The van der Waals surface area contributed by atoms with Gasteiger partial charge in [-0.3, -0.25) is 14.9 Å². The molecule has 0 bridgehead atoms. The molecule has 0 radical (unpaired) electrons. The molecule has 1 N–H and O–H groups in total. The van der Waals surface area contributed by atoms with E-state index in [0.29, 0.717) is 41.3 Å². The summed E-state index contributed by atoms with van der Waals surface area (Å²) < 4.78 is 10.6. The second kappa shape index (κ2) is 8.14. The Morgan fingerprint density at radius 3 is 2.52 bits per heavy atom. The smallest absolute Gasteiger partial charge is 0.274 e. The highest BCUT2D eigenvalue weighted by Crippen LogP contribution is 2.29. The third kappa shape index (κ3) is 4.26.